The van der Waals surface area contributed by atoms with Gasteiger partial charge in [0.2, 0.25) is 0 Å². The van der Waals surface area contributed by atoms with Gasteiger partial charge in [0, 0.05) is 17.4 Å². The van der Waals surface area contributed by atoms with E-state index in [-0.39, 0.29) is 18.4 Å². The molecule has 0 radical (unpaired) electrons. The molecular weight excluding hydrogens is 418 g/mol. The molecule has 0 amide bonds. The van der Waals surface area contributed by atoms with Crippen molar-refractivity contribution in [1.29, 1.82) is 0 Å². The number of aliphatic carboxylic acids is 1. The molecule has 4 aromatic rings. The fraction of sp³-hybridized carbons (Fsp3) is 0.346. The van der Waals surface area contributed by atoms with Crippen LogP contribution in [0.4, 0.5) is 0 Å². The van der Waals surface area contributed by atoms with Gasteiger partial charge in [0.25, 0.3) is 0 Å². The summed E-state index contributed by atoms with van der Waals surface area (Å²) in [6.07, 6.45) is 9.23. The van der Waals surface area contributed by atoms with E-state index in [1.54, 1.807) is 6.07 Å². The average Bonchev–Trinajstić information content (AvgIpc) is 3.60. The van der Waals surface area contributed by atoms with Gasteiger partial charge >= 0.3 is 5.97 Å². The van der Waals surface area contributed by atoms with Gasteiger partial charge in [-0.2, -0.15) is 5.10 Å². The first-order chi connectivity index (χ1) is 16.2. The summed E-state index contributed by atoms with van der Waals surface area (Å²) in [6.45, 7) is 0. The molecule has 2 aromatic carbocycles. The summed E-state index contributed by atoms with van der Waals surface area (Å²) in [5.74, 6) is 0.182. The SMILES string of the molecule is O=C(O)CC(c1ccc(O[C@@H](CC2CCCC2)c2ccc3cn[nH]c3c2)cc1)c1ccon1. The lowest BCUT2D eigenvalue weighted by Crippen LogP contribution is -2.12. The van der Waals surface area contributed by atoms with Gasteiger partial charge < -0.3 is 14.4 Å². The van der Waals surface area contributed by atoms with Gasteiger partial charge in [0.15, 0.2) is 0 Å². The number of benzene rings is 2. The number of carboxylic acids is 1. The molecule has 7 heteroatoms. The Morgan fingerprint density at radius 1 is 1.12 bits per heavy atom. The van der Waals surface area contributed by atoms with E-state index in [2.05, 4.69) is 33.6 Å². The number of nitrogens with one attached hydrogen (secondary N) is 1. The monoisotopic (exact) mass is 445 g/mol. The predicted molar refractivity (Wildman–Crippen MR) is 123 cm³/mol. The van der Waals surface area contributed by atoms with Crippen molar-refractivity contribution in [3.8, 4) is 5.75 Å². The van der Waals surface area contributed by atoms with Gasteiger partial charge in [-0.05, 0) is 41.7 Å². The van der Waals surface area contributed by atoms with Crippen LogP contribution in [0.25, 0.3) is 10.9 Å². The van der Waals surface area contributed by atoms with Crippen LogP contribution < -0.4 is 4.74 Å². The van der Waals surface area contributed by atoms with Crippen molar-refractivity contribution in [3.63, 3.8) is 0 Å². The first-order valence-corrected chi connectivity index (χ1v) is 11.5. The quantitative estimate of drug-likeness (QED) is 0.335. The largest absolute Gasteiger partial charge is 0.486 e. The predicted octanol–water partition coefficient (Wildman–Crippen LogP) is 5.86. The molecular formula is C26H27N3O4. The molecule has 0 saturated heterocycles. The van der Waals surface area contributed by atoms with Crippen LogP contribution in [0.1, 0.15) is 67.4 Å². The second kappa shape index (κ2) is 9.48. The third-order valence-electron chi connectivity index (χ3n) is 6.61. The van der Waals surface area contributed by atoms with Crippen molar-refractivity contribution in [2.75, 3.05) is 0 Å². The molecule has 1 saturated carbocycles. The lowest BCUT2D eigenvalue weighted by Gasteiger charge is -2.23. The van der Waals surface area contributed by atoms with E-state index in [4.69, 9.17) is 9.26 Å². The Morgan fingerprint density at radius 3 is 2.64 bits per heavy atom. The molecule has 2 atom stereocenters. The number of hydrogen-bond acceptors (Lipinski definition) is 5. The van der Waals surface area contributed by atoms with Crippen LogP contribution in [0.3, 0.4) is 0 Å². The molecule has 1 aliphatic carbocycles. The maximum absolute atomic E-state index is 11.4. The van der Waals surface area contributed by atoms with Gasteiger partial charge in [-0.1, -0.05) is 55.1 Å². The highest BCUT2D eigenvalue weighted by molar-refractivity contribution is 5.78. The van der Waals surface area contributed by atoms with Crippen molar-refractivity contribution in [1.82, 2.24) is 15.4 Å². The van der Waals surface area contributed by atoms with Crippen molar-refractivity contribution in [3.05, 3.63) is 77.8 Å². The van der Waals surface area contributed by atoms with Crippen LogP contribution in [0.5, 0.6) is 5.75 Å². The zero-order chi connectivity index (χ0) is 22.6. The van der Waals surface area contributed by atoms with Gasteiger partial charge in [-0.15, -0.1) is 0 Å². The highest BCUT2D eigenvalue weighted by Crippen LogP contribution is 2.37. The third kappa shape index (κ3) is 4.92. The van der Waals surface area contributed by atoms with Gasteiger partial charge in [0.05, 0.1) is 23.8 Å². The minimum absolute atomic E-state index is 0.0543. The third-order valence-corrected chi connectivity index (χ3v) is 6.61. The van der Waals surface area contributed by atoms with E-state index in [9.17, 15) is 9.90 Å². The van der Waals surface area contributed by atoms with Crippen molar-refractivity contribution < 1.29 is 19.2 Å². The first-order valence-electron chi connectivity index (χ1n) is 11.5. The van der Waals surface area contributed by atoms with E-state index in [1.165, 1.54) is 31.9 Å². The number of aromatic nitrogens is 3. The molecule has 1 aliphatic rings. The summed E-state index contributed by atoms with van der Waals surface area (Å²) in [6, 6.07) is 15.7. The number of aromatic amines is 1. The van der Waals surface area contributed by atoms with Crippen LogP contribution in [-0.4, -0.2) is 26.4 Å². The molecule has 2 aromatic heterocycles. The minimum Gasteiger partial charge on any atom is -0.486 e. The molecule has 0 bridgehead atoms. The summed E-state index contributed by atoms with van der Waals surface area (Å²) >= 11 is 0. The maximum Gasteiger partial charge on any atom is 0.304 e. The summed E-state index contributed by atoms with van der Waals surface area (Å²) in [5, 5.41) is 21.6. The van der Waals surface area contributed by atoms with Crippen LogP contribution in [-0.2, 0) is 4.79 Å². The highest BCUT2D eigenvalue weighted by Gasteiger charge is 2.24. The Kier molecular flexibility index (Phi) is 6.11. The fourth-order valence-corrected chi connectivity index (χ4v) is 4.87. The normalized spacial score (nSPS) is 16.1. The van der Waals surface area contributed by atoms with Crippen molar-refractivity contribution in [2.24, 2.45) is 5.92 Å². The molecule has 170 valence electrons. The Bertz CT molecular complexity index is 1190. The lowest BCUT2D eigenvalue weighted by atomic mass is 9.92. The molecule has 5 rings (SSSR count). The molecule has 2 heterocycles. The molecule has 2 N–H and O–H groups in total. The molecule has 33 heavy (non-hydrogen) atoms. The van der Waals surface area contributed by atoms with Crippen LogP contribution in [0, 0.1) is 5.92 Å². The van der Waals surface area contributed by atoms with Gasteiger partial charge in [0.1, 0.15) is 18.1 Å². The molecule has 0 spiro atoms. The zero-order valence-corrected chi connectivity index (χ0v) is 18.3. The van der Waals surface area contributed by atoms with Crippen LogP contribution >= 0.6 is 0 Å². The van der Waals surface area contributed by atoms with Crippen LogP contribution in [0.2, 0.25) is 0 Å². The van der Waals surface area contributed by atoms with Crippen molar-refractivity contribution >= 4 is 16.9 Å². The van der Waals surface area contributed by atoms with E-state index in [0.29, 0.717) is 11.6 Å². The number of carboxylic acid groups (broad SMARTS) is 1. The molecule has 1 unspecified atom stereocenters. The number of H-pyrrole nitrogens is 1. The molecule has 0 aliphatic heterocycles. The Labute approximate surface area is 191 Å². The van der Waals surface area contributed by atoms with Crippen LogP contribution in [0.15, 0.2) is 65.5 Å². The molecule has 7 nitrogen and oxygen atoms in total. The number of rotatable bonds is 9. The standard InChI is InChI=1S/C26H27N3O4/c30-26(31)15-22(23-11-12-32-29-23)18-7-9-21(10-8-18)33-25(13-17-3-1-2-4-17)19-5-6-20-16-27-28-24(20)14-19/h5-12,14,16-17,22,25H,1-4,13,15H2,(H,27,28)(H,30,31)/t22?,25-/m0/s1. The number of ether oxygens (including phenoxy) is 1. The topological polar surface area (TPSA) is 101 Å². The Morgan fingerprint density at radius 2 is 1.91 bits per heavy atom. The van der Waals surface area contributed by atoms with E-state index >= 15 is 0 Å². The van der Waals surface area contributed by atoms with Gasteiger partial charge in [-0.3, -0.25) is 9.89 Å². The summed E-state index contributed by atoms with van der Waals surface area (Å²) in [4.78, 5) is 11.4. The van der Waals surface area contributed by atoms with Gasteiger partial charge in [-0.25, -0.2) is 0 Å². The van der Waals surface area contributed by atoms with Crippen molar-refractivity contribution in [2.45, 2.75) is 50.5 Å². The molecule has 1 fully saturated rings. The average molecular weight is 446 g/mol. The zero-order valence-electron chi connectivity index (χ0n) is 18.3. The maximum atomic E-state index is 11.4. The minimum atomic E-state index is -0.880. The van der Waals surface area contributed by atoms with E-state index < -0.39 is 5.97 Å². The Hall–Kier alpha value is -3.61. The lowest BCUT2D eigenvalue weighted by molar-refractivity contribution is -0.137. The number of nitrogens with zero attached hydrogens (tertiary/aromatic N) is 2. The number of carbonyl (C=O) groups is 1. The number of fused-ring (bicyclic) bond motifs is 1. The summed E-state index contributed by atoms with van der Waals surface area (Å²) < 4.78 is 11.4. The Balaban J connectivity index is 1.38. The van der Waals surface area contributed by atoms with E-state index in [1.807, 2.05) is 30.5 Å². The second-order valence-electron chi connectivity index (χ2n) is 8.85. The fourth-order valence-electron chi connectivity index (χ4n) is 4.87. The summed E-state index contributed by atoms with van der Waals surface area (Å²) in [7, 11) is 0. The highest BCUT2D eigenvalue weighted by atomic mass is 16.5. The summed E-state index contributed by atoms with van der Waals surface area (Å²) in [5.41, 5.74) is 3.61. The first kappa shape index (κ1) is 21.2. The van der Waals surface area contributed by atoms with E-state index in [0.717, 1.165) is 34.2 Å². The smallest absolute Gasteiger partial charge is 0.304 e. The number of hydrogen-bond donors (Lipinski definition) is 2. The second-order valence-corrected chi connectivity index (χ2v) is 8.85.